The molecule has 1 aliphatic heterocycles. The first-order valence-electron chi connectivity index (χ1n) is 11.4. The third-order valence-electron chi connectivity index (χ3n) is 6.24. The van der Waals surface area contributed by atoms with E-state index in [1.165, 1.54) is 12.1 Å². The molecular formula is C25H34FN3O3. The maximum Gasteiger partial charge on any atom is 0.340 e. The molecule has 174 valence electrons. The lowest BCUT2D eigenvalue weighted by Gasteiger charge is -2.34. The summed E-state index contributed by atoms with van der Waals surface area (Å²) in [6.45, 7) is 9.22. The van der Waals surface area contributed by atoms with Gasteiger partial charge in [-0.3, -0.25) is 4.79 Å². The minimum Gasteiger partial charge on any atom is -0.462 e. The van der Waals surface area contributed by atoms with Crippen molar-refractivity contribution in [1.29, 1.82) is 0 Å². The summed E-state index contributed by atoms with van der Waals surface area (Å²) in [5.41, 5.74) is 3.34. The second-order valence-electron chi connectivity index (χ2n) is 8.72. The first-order chi connectivity index (χ1) is 15.3. The summed E-state index contributed by atoms with van der Waals surface area (Å²) in [5.74, 6) is -0.317. The molecule has 7 heteroatoms. The molecule has 1 unspecified atom stereocenters. The number of hydrogen-bond acceptors (Lipinski definition) is 4. The number of rotatable bonds is 8. The van der Waals surface area contributed by atoms with Crippen molar-refractivity contribution in [1.82, 2.24) is 14.8 Å². The number of amides is 1. The zero-order valence-electron chi connectivity index (χ0n) is 19.5. The number of H-pyrrole nitrogens is 1. The molecule has 0 radical (unpaired) electrons. The summed E-state index contributed by atoms with van der Waals surface area (Å²) in [6.07, 6.45) is 3.07. The predicted molar refractivity (Wildman–Crippen MR) is 122 cm³/mol. The van der Waals surface area contributed by atoms with Crippen molar-refractivity contribution in [2.45, 2.75) is 40.0 Å². The van der Waals surface area contributed by atoms with Crippen LogP contribution in [-0.4, -0.2) is 66.5 Å². The Balaban J connectivity index is 1.57. The van der Waals surface area contributed by atoms with E-state index in [1.54, 1.807) is 25.7 Å². The lowest BCUT2D eigenvalue weighted by molar-refractivity contribution is 0.0525. The van der Waals surface area contributed by atoms with E-state index in [2.05, 4.69) is 9.88 Å². The van der Waals surface area contributed by atoms with Gasteiger partial charge in [-0.15, -0.1) is 0 Å². The number of benzene rings is 1. The highest BCUT2D eigenvalue weighted by Crippen LogP contribution is 2.22. The van der Waals surface area contributed by atoms with Crippen LogP contribution in [-0.2, 0) is 11.2 Å². The molecule has 1 fully saturated rings. The first kappa shape index (κ1) is 24.0. The van der Waals surface area contributed by atoms with Gasteiger partial charge in [0.25, 0.3) is 5.91 Å². The number of aryl methyl sites for hydroxylation is 1. The SMILES string of the molecule is CCOC(=O)c1c(C)[nH]c(C(=O)N(C)CC2CCCN(CCc3ccc(F)cc3)C2)c1C. The number of carbonyl (C=O) groups is 2. The van der Waals surface area contributed by atoms with Gasteiger partial charge in [-0.1, -0.05) is 12.1 Å². The van der Waals surface area contributed by atoms with Crippen LogP contribution in [0.4, 0.5) is 4.39 Å². The van der Waals surface area contributed by atoms with E-state index < -0.39 is 5.97 Å². The summed E-state index contributed by atoms with van der Waals surface area (Å²) in [5, 5.41) is 0. The van der Waals surface area contributed by atoms with Crippen LogP contribution >= 0.6 is 0 Å². The smallest absolute Gasteiger partial charge is 0.340 e. The number of aromatic amines is 1. The number of aromatic nitrogens is 1. The zero-order valence-corrected chi connectivity index (χ0v) is 19.5. The molecule has 1 aromatic carbocycles. The Labute approximate surface area is 189 Å². The predicted octanol–water partition coefficient (Wildman–Crippen LogP) is 3.97. The molecule has 1 aliphatic rings. The minimum atomic E-state index is -0.399. The van der Waals surface area contributed by atoms with Crippen LogP contribution in [0.1, 0.15) is 57.4 Å². The Morgan fingerprint density at radius 3 is 2.66 bits per heavy atom. The maximum absolute atomic E-state index is 13.1. The third kappa shape index (κ3) is 5.76. The number of ether oxygens (including phenoxy) is 1. The van der Waals surface area contributed by atoms with Gasteiger partial charge in [0.1, 0.15) is 11.5 Å². The van der Waals surface area contributed by atoms with E-state index >= 15 is 0 Å². The number of nitrogens with zero attached hydrogens (tertiary/aromatic N) is 2. The zero-order chi connectivity index (χ0) is 23.3. The van der Waals surface area contributed by atoms with E-state index in [-0.39, 0.29) is 11.7 Å². The molecule has 0 bridgehead atoms. The fraction of sp³-hybridized carbons (Fsp3) is 0.520. The molecule has 1 atom stereocenters. The molecule has 3 rings (SSSR count). The number of halogens is 1. The molecular weight excluding hydrogens is 409 g/mol. The van der Waals surface area contributed by atoms with Gasteiger partial charge in [0.2, 0.25) is 0 Å². The summed E-state index contributed by atoms with van der Waals surface area (Å²) in [7, 11) is 1.82. The van der Waals surface area contributed by atoms with Crippen LogP contribution in [0.25, 0.3) is 0 Å². The lowest BCUT2D eigenvalue weighted by atomic mass is 9.97. The van der Waals surface area contributed by atoms with Gasteiger partial charge in [-0.2, -0.15) is 0 Å². The van der Waals surface area contributed by atoms with Crippen LogP contribution in [0.15, 0.2) is 24.3 Å². The Bertz CT molecular complexity index is 939. The molecule has 2 heterocycles. The highest BCUT2D eigenvalue weighted by atomic mass is 19.1. The normalized spacial score (nSPS) is 16.7. The van der Waals surface area contributed by atoms with Crippen LogP contribution in [0, 0.1) is 25.6 Å². The van der Waals surface area contributed by atoms with Crippen LogP contribution in [0.3, 0.4) is 0 Å². The number of nitrogens with one attached hydrogen (secondary N) is 1. The van der Waals surface area contributed by atoms with Crippen molar-refractivity contribution < 1.29 is 18.7 Å². The van der Waals surface area contributed by atoms with Gasteiger partial charge >= 0.3 is 5.97 Å². The lowest BCUT2D eigenvalue weighted by Crippen LogP contribution is -2.42. The Hall–Kier alpha value is -2.67. The first-order valence-corrected chi connectivity index (χ1v) is 11.4. The van der Waals surface area contributed by atoms with Gasteiger partial charge in [-0.25, -0.2) is 9.18 Å². The molecule has 1 amide bonds. The molecule has 1 saturated heterocycles. The van der Waals surface area contributed by atoms with Crippen molar-refractivity contribution in [3.63, 3.8) is 0 Å². The Morgan fingerprint density at radius 1 is 1.25 bits per heavy atom. The average molecular weight is 444 g/mol. The number of likely N-dealkylation sites (tertiary alicyclic amines) is 1. The molecule has 6 nitrogen and oxygen atoms in total. The summed E-state index contributed by atoms with van der Waals surface area (Å²) < 4.78 is 18.2. The summed E-state index contributed by atoms with van der Waals surface area (Å²) in [4.78, 5) is 32.6. The Kier molecular flexibility index (Phi) is 8.07. The summed E-state index contributed by atoms with van der Waals surface area (Å²) in [6, 6.07) is 6.70. The number of piperidine rings is 1. The van der Waals surface area contributed by atoms with E-state index in [1.807, 2.05) is 19.2 Å². The van der Waals surface area contributed by atoms with Crippen molar-refractivity contribution in [2.24, 2.45) is 5.92 Å². The van der Waals surface area contributed by atoms with Crippen LogP contribution in [0.5, 0.6) is 0 Å². The maximum atomic E-state index is 13.1. The number of hydrogen-bond donors (Lipinski definition) is 1. The molecule has 2 aromatic rings. The fourth-order valence-electron chi connectivity index (χ4n) is 4.58. The largest absolute Gasteiger partial charge is 0.462 e. The second kappa shape index (κ2) is 10.8. The molecule has 1 N–H and O–H groups in total. The van der Waals surface area contributed by atoms with Gasteiger partial charge in [-0.05, 0) is 75.8 Å². The van der Waals surface area contributed by atoms with E-state index in [0.29, 0.717) is 41.6 Å². The quantitative estimate of drug-likeness (QED) is 0.627. The van der Waals surface area contributed by atoms with Crippen molar-refractivity contribution >= 4 is 11.9 Å². The second-order valence-corrected chi connectivity index (χ2v) is 8.72. The van der Waals surface area contributed by atoms with Crippen LogP contribution < -0.4 is 0 Å². The van der Waals surface area contributed by atoms with Crippen molar-refractivity contribution in [3.05, 3.63) is 58.2 Å². The highest BCUT2D eigenvalue weighted by Gasteiger charge is 2.27. The van der Waals surface area contributed by atoms with E-state index in [9.17, 15) is 14.0 Å². The number of esters is 1. The summed E-state index contributed by atoms with van der Waals surface area (Å²) >= 11 is 0. The van der Waals surface area contributed by atoms with Gasteiger partial charge < -0.3 is 19.5 Å². The molecule has 0 aliphatic carbocycles. The molecule has 32 heavy (non-hydrogen) atoms. The molecule has 1 aromatic heterocycles. The Morgan fingerprint density at radius 2 is 1.97 bits per heavy atom. The van der Waals surface area contributed by atoms with E-state index in [0.717, 1.165) is 44.5 Å². The molecule has 0 saturated carbocycles. The molecule has 0 spiro atoms. The van der Waals surface area contributed by atoms with Crippen molar-refractivity contribution in [3.8, 4) is 0 Å². The van der Waals surface area contributed by atoms with Gasteiger partial charge in [0.15, 0.2) is 0 Å². The average Bonchev–Trinajstić information content (AvgIpc) is 3.07. The van der Waals surface area contributed by atoms with Gasteiger partial charge in [0.05, 0.1) is 12.2 Å². The third-order valence-corrected chi connectivity index (χ3v) is 6.24. The standard InChI is InChI=1S/C25H34FN3O3/c1-5-32-25(31)22-17(2)23(27-18(22)3)24(30)28(4)15-20-7-6-13-29(16-20)14-12-19-8-10-21(26)11-9-19/h8-11,20,27H,5-7,12-16H2,1-4H3. The highest BCUT2D eigenvalue weighted by molar-refractivity contribution is 6.00. The van der Waals surface area contributed by atoms with Crippen molar-refractivity contribution in [2.75, 3.05) is 39.8 Å². The fourth-order valence-corrected chi connectivity index (χ4v) is 4.58. The monoisotopic (exact) mass is 443 g/mol. The number of carbonyl (C=O) groups excluding carboxylic acids is 2. The topological polar surface area (TPSA) is 65.6 Å². The minimum absolute atomic E-state index is 0.107. The van der Waals surface area contributed by atoms with Gasteiger partial charge in [0, 0.05) is 32.4 Å². The van der Waals surface area contributed by atoms with Crippen LogP contribution in [0.2, 0.25) is 0 Å². The van der Waals surface area contributed by atoms with E-state index in [4.69, 9.17) is 4.74 Å².